The van der Waals surface area contributed by atoms with Gasteiger partial charge in [-0.05, 0) is 30.7 Å². The molecule has 0 aliphatic carbocycles. The van der Waals surface area contributed by atoms with Gasteiger partial charge < -0.3 is 15.4 Å². The van der Waals surface area contributed by atoms with Crippen LogP contribution in [0.2, 0.25) is 0 Å². The fraction of sp³-hybridized carbons (Fsp3) is 0.429. The Hall–Kier alpha value is -1.88. The van der Waals surface area contributed by atoms with Crippen molar-refractivity contribution in [1.29, 1.82) is 0 Å². The Morgan fingerprint density at radius 3 is 2.47 bits per heavy atom. The van der Waals surface area contributed by atoms with Gasteiger partial charge in [-0.25, -0.2) is 0 Å². The zero-order chi connectivity index (χ0) is 14.1. The molecule has 0 aliphatic rings. The van der Waals surface area contributed by atoms with Gasteiger partial charge in [-0.2, -0.15) is 0 Å². The van der Waals surface area contributed by atoms with E-state index >= 15 is 0 Å². The molecule has 5 heteroatoms. The summed E-state index contributed by atoms with van der Waals surface area (Å²) in [5, 5.41) is 5.81. The van der Waals surface area contributed by atoms with Crippen LogP contribution in [0.3, 0.4) is 0 Å². The van der Waals surface area contributed by atoms with Crippen molar-refractivity contribution in [3.63, 3.8) is 0 Å². The lowest BCUT2D eigenvalue weighted by Gasteiger charge is -2.05. The van der Waals surface area contributed by atoms with E-state index in [9.17, 15) is 9.59 Å². The number of hydrogen-bond donors (Lipinski definition) is 2. The van der Waals surface area contributed by atoms with Crippen molar-refractivity contribution in [3.8, 4) is 0 Å². The van der Waals surface area contributed by atoms with Crippen LogP contribution in [0.1, 0.15) is 28.8 Å². The number of benzene rings is 1. The van der Waals surface area contributed by atoms with Crippen molar-refractivity contribution in [2.24, 2.45) is 0 Å². The molecule has 0 saturated carbocycles. The van der Waals surface area contributed by atoms with Crippen molar-refractivity contribution < 1.29 is 14.3 Å². The molecule has 1 aromatic rings. The van der Waals surface area contributed by atoms with Crippen molar-refractivity contribution in [1.82, 2.24) is 10.6 Å². The summed E-state index contributed by atoms with van der Waals surface area (Å²) in [6.07, 6.45) is 1.18. The van der Waals surface area contributed by atoms with Crippen LogP contribution < -0.4 is 10.6 Å². The van der Waals surface area contributed by atoms with E-state index < -0.39 is 0 Å². The van der Waals surface area contributed by atoms with Gasteiger partial charge in [0.1, 0.15) is 0 Å². The molecule has 0 aliphatic heterocycles. The lowest BCUT2D eigenvalue weighted by atomic mass is 10.1. The lowest BCUT2D eigenvalue weighted by molar-refractivity contribution is -0.140. The first-order valence-electron chi connectivity index (χ1n) is 6.26. The second kappa shape index (κ2) is 8.26. The van der Waals surface area contributed by atoms with Crippen LogP contribution in [0.5, 0.6) is 0 Å². The maximum absolute atomic E-state index is 11.3. The molecule has 19 heavy (non-hydrogen) atoms. The molecule has 0 atom stereocenters. The molecule has 0 aromatic heterocycles. The highest BCUT2D eigenvalue weighted by molar-refractivity contribution is 5.93. The molecule has 0 bridgehead atoms. The molecule has 1 aromatic carbocycles. The first-order chi connectivity index (χ1) is 9.17. The number of rotatable bonds is 7. The van der Waals surface area contributed by atoms with Crippen LogP contribution in [0.25, 0.3) is 0 Å². The number of nitrogens with one attached hydrogen (secondary N) is 2. The van der Waals surface area contributed by atoms with Crippen molar-refractivity contribution in [2.45, 2.75) is 19.4 Å². The third-order valence-corrected chi connectivity index (χ3v) is 2.73. The summed E-state index contributed by atoms with van der Waals surface area (Å²) in [6.45, 7) is 1.47. The molecule has 2 N–H and O–H groups in total. The van der Waals surface area contributed by atoms with Crippen LogP contribution in [0, 0.1) is 0 Å². The maximum Gasteiger partial charge on any atom is 0.305 e. The Morgan fingerprint density at radius 2 is 1.89 bits per heavy atom. The second-order valence-corrected chi connectivity index (χ2v) is 4.13. The predicted octanol–water partition coefficient (Wildman–Crippen LogP) is 1.09. The minimum Gasteiger partial charge on any atom is -0.469 e. The summed E-state index contributed by atoms with van der Waals surface area (Å²) < 4.78 is 4.56. The normalized spacial score (nSPS) is 10.0. The largest absolute Gasteiger partial charge is 0.469 e. The molecule has 104 valence electrons. The zero-order valence-corrected chi connectivity index (χ0v) is 11.4. The lowest BCUT2D eigenvalue weighted by Crippen LogP contribution is -2.18. The standard InChI is InChI=1S/C14H20N2O3/c1-15-14(18)12-7-5-11(6-8-12)10-16-9-3-4-13(17)19-2/h5-8,16H,3-4,9-10H2,1-2H3,(H,15,18). The van der Waals surface area contributed by atoms with Crippen LogP contribution >= 0.6 is 0 Å². The Balaban J connectivity index is 2.26. The number of methoxy groups -OCH3 is 1. The molecule has 1 amide bonds. The number of ether oxygens (including phenoxy) is 1. The van der Waals surface area contributed by atoms with Crippen LogP contribution in [-0.4, -0.2) is 32.6 Å². The third-order valence-electron chi connectivity index (χ3n) is 2.73. The van der Waals surface area contributed by atoms with Gasteiger partial charge in [-0.3, -0.25) is 9.59 Å². The topological polar surface area (TPSA) is 67.4 Å². The monoisotopic (exact) mass is 264 g/mol. The summed E-state index contributed by atoms with van der Waals surface area (Å²) in [5.41, 5.74) is 1.75. The van der Waals surface area contributed by atoms with E-state index in [0.29, 0.717) is 12.0 Å². The van der Waals surface area contributed by atoms with Crippen LogP contribution in [0.15, 0.2) is 24.3 Å². The number of hydrogen-bond acceptors (Lipinski definition) is 4. The van der Waals surface area contributed by atoms with Gasteiger partial charge in [0.25, 0.3) is 5.91 Å². The van der Waals surface area contributed by atoms with Gasteiger partial charge in [0.05, 0.1) is 7.11 Å². The fourth-order valence-corrected chi connectivity index (χ4v) is 1.61. The molecule has 1 rings (SSSR count). The quantitative estimate of drug-likeness (QED) is 0.571. The van der Waals surface area contributed by atoms with E-state index in [4.69, 9.17) is 0 Å². The third kappa shape index (κ3) is 5.52. The molecule has 0 fully saturated rings. The van der Waals surface area contributed by atoms with Crippen LogP contribution in [0.4, 0.5) is 0 Å². The van der Waals surface area contributed by atoms with E-state index in [-0.39, 0.29) is 11.9 Å². The first-order valence-corrected chi connectivity index (χ1v) is 6.26. The fourth-order valence-electron chi connectivity index (χ4n) is 1.61. The Kier molecular flexibility index (Phi) is 6.60. The molecule has 0 radical (unpaired) electrons. The summed E-state index contributed by atoms with van der Waals surface area (Å²) in [6, 6.07) is 7.42. The number of carbonyl (C=O) groups excluding carboxylic acids is 2. The van der Waals surface area contributed by atoms with Gasteiger partial charge in [-0.15, -0.1) is 0 Å². The number of amides is 1. The van der Waals surface area contributed by atoms with Crippen molar-refractivity contribution in [2.75, 3.05) is 20.7 Å². The van der Waals surface area contributed by atoms with Gasteiger partial charge in [0.15, 0.2) is 0 Å². The van der Waals surface area contributed by atoms with Gasteiger partial charge in [0.2, 0.25) is 0 Å². The van der Waals surface area contributed by atoms with Gasteiger partial charge in [0, 0.05) is 25.6 Å². The minimum atomic E-state index is -0.184. The molecule has 0 spiro atoms. The van der Waals surface area contributed by atoms with E-state index in [1.54, 1.807) is 19.2 Å². The van der Waals surface area contributed by atoms with Crippen molar-refractivity contribution >= 4 is 11.9 Å². The SMILES string of the molecule is CNC(=O)c1ccc(CNCCCC(=O)OC)cc1. The highest BCUT2D eigenvalue weighted by Crippen LogP contribution is 2.04. The zero-order valence-electron chi connectivity index (χ0n) is 11.4. The molecular formula is C14H20N2O3. The van der Waals surface area contributed by atoms with Crippen molar-refractivity contribution in [3.05, 3.63) is 35.4 Å². The molecular weight excluding hydrogens is 244 g/mol. The van der Waals surface area contributed by atoms with E-state index in [0.717, 1.165) is 25.1 Å². The van der Waals surface area contributed by atoms with E-state index in [1.165, 1.54) is 7.11 Å². The number of esters is 1. The smallest absolute Gasteiger partial charge is 0.305 e. The van der Waals surface area contributed by atoms with Crippen LogP contribution in [-0.2, 0) is 16.1 Å². The second-order valence-electron chi connectivity index (χ2n) is 4.13. The highest BCUT2D eigenvalue weighted by Gasteiger charge is 2.02. The Labute approximate surface area is 113 Å². The Morgan fingerprint density at radius 1 is 1.21 bits per heavy atom. The molecule has 5 nitrogen and oxygen atoms in total. The summed E-state index contributed by atoms with van der Waals surface area (Å²) in [7, 11) is 3.00. The predicted molar refractivity (Wildman–Crippen MR) is 72.8 cm³/mol. The van der Waals surface area contributed by atoms with E-state index in [1.807, 2.05) is 12.1 Å². The summed E-state index contributed by atoms with van der Waals surface area (Å²) >= 11 is 0. The Bertz CT molecular complexity index is 415. The molecule has 0 unspecified atom stereocenters. The average Bonchev–Trinajstić information content (AvgIpc) is 2.46. The maximum atomic E-state index is 11.3. The minimum absolute atomic E-state index is 0.0856. The van der Waals surface area contributed by atoms with Gasteiger partial charge >= 0.3 is 5.97 Å². The van der Waals surface area contributed by atoms with E-state index in [2.05, 4.69) is 15.4 Å². The highest BCUT2D eigenvalue weighted by atomic mass is 16.5. The average molecular weight is 264 g/mol. The molecule has 0 heterocycles. The summed E-state index contributed by atoms with van der Waals surface area (Å²) in [5.74, 6) is -0.269. The summed E-state index contributed by atoms with van der Waals surface area (Å²) in [4.78, 5) is 22.2. The first kappa shape index (κ1) is 15.2. The molecule has 0 saturated heterocycles. The van der Waals surface area contributed by atoms with Gasteiger partial charge in [-0.1, -0.05) is 12.1 Å². The number of carbonyl (C=O) groups is 2.